The lowest BCUT2D eigenvalue weighted by molar-refractivity contribution is 1.34. The molecule has 17 heavy (non-hydrogen) atoms. The summed E-state index contributed by atoms with van der Waals surface area (Å²) in [5, 5.41) is 1.52. The number of fused-ring (bicyclic) bond motifs is 1. The maximum absolute atomic E-state index is 5.94. The zero-order valence-corrected chi connectivity index (χ0v) is 10.3. The molecule has 0 saturated carbocycles. The third-order valence-corrected chi connectivity index (χ3v) is 3.74. The summed E-state index contributed by atoms with van der Waals surface area (Å²) in [7, 11) is 0. The van der Waals surface area contributed by atoms with Gasteiger partial charge in [-0.05, 0) is 24.3 Å². The van der Waals surface area contributed by atoms with Crippen molar-refractivity contribution in [1.82, 2.24) is 9.97 Å². The second-order valence-electron chi connectivity index (χ2n) is 3.59. The quantitative estimate of drug-likeness (QED) is 0.681. The van der Waals surface area contributed by atoms with Crippen molar-refractivity contribution in [2.75, 3.05) is 5.73 Å². The van der Waals surface area contributed by atoms with Crippen LogP contribution in [-0.2, 0) is 0 Å². The van der Waals surface area contributed by atoms with Crippen LogP contribution in [0.25, 0.3) is 20.8 Å². The SMILES string of the molecule is Nc1cc(Cl)ccc1-c1nc2cnccc2s1. The smallest absolute Gasteiger partial charge is 0.126 e. The number of hydrogen-bond donors (Lipinski definition) is 1. The van der Waals surface area contributed by atoms with Gasteiger partial charge in [0, 0.05) is 22.5 Å². The number of benzene rings is 1. The maximum Gasteiger partial charge on any atom is 0.126 e. The maximum atomic E-state index is 5.94. The normalized spacial score (nSPS) is 10.9. The fraction of sp³-hybridized carbons (Fsp3) is 0. The van der Waals surface area contributed by atoms with Crippen molar-refractivity contribution >= 4 is 38.8 Å². The van der Waals surface area contributed by atoms with Gasteiger partial charge in [0.15, 0.2) is 0 Å². The van der Waals surface area contributed by atoms with Crippen LogP contribution in [0, 0.1) is 0 Å². The Morgan fingerprint density at radius 1 is 1.24 bits per heavy atom. The first-order valence-corrected chi connectivity index (χ1v) is 6.19. The summed E-state index contributed by atoms with van der Waals surface area (Å²) < 4.78 is 1.10. The van der Waals surface area contributed by atoms with Gasteiger partial charge >= 0.3 is 0 Å². The largest absolute Gasteiger partial charge is 0.398 e. The second-order valence-corrected chi connectivity index (χ2v) is 5.06. The van der Waals surface area contributed by atoms with Crippen molar-refractivity contribution in [3.63, 3.8) is 0 Å². The third-order valence-electron chi connectivity index (χ3n) is 2.43. The predicted molar refractivity (Wildman–Crippen MR) is 72.3 cm³/mol. The van der Waals surface area contributed by atoms with E-state index in [4.69, 9.17) is 17.3 Å². The lowest BCUT2D eigenvalue weighted by atomic mass is 10.2. The summed E-state index contributed by atoms with van der Waals surface area (Å²) in [6.45, 7) is 0. The van der Waals surface area contributed by atoms with Crippen molar-refractivity contribution in [1.29, 1.82) is 0 Å². The number of nitrogens with two attached hydrogens (primary N) is 1. The van der Waals surface area contributed by atoms with E-state index in [1.807, 2.05) is 18.2 Å². The van der Waals surface area contributed by atoms with Crippen molar-refractivity contribution in [3.8, 4) is 10.6 Å². The van der Waals surface area contributed by atoms with Crippen molar-refractivity contribution in [2.45, 2.75) is 0 Å². The molecule has 3 nitrogen and oxygen atoms in total. The summed E-state index contributed by atoms with van der Waals surface area (Å²) >= 11 is 7.47. The Kier molecular flexibility index (Phi) is 2.46. The molecule has 5 heteroatoms. The molecular weight excluding hydrogens is 254 g/mol. The summed E-state index contributed by atoms with van der Waals surface area (Å²) in [6.07, 6.45) is 3.51. The minimum Gasteiger partial charge on any atom is -0.398 e. The molecule has 2 aromatic heterocycles. The number of aromatic nitrogens is 2. The van der Waals surface area contributed by atoms with Gasteiger partial charge in [-0.1, -0.05) is 11.6 Å². The molecule has 0 aliphatic heterocycles. The summed E-state index contributed by atoms with van der Waals surface area (Å²) in [5.41, 5.74) is 8.39. The van der Waals surface area contributed by atoms with E-state index in [-0.39, 0.29) is 0 Å². The molecule has 0 aliphatic carbocycles. The van der Waals surface area contributed by atoms with E-state index in [0.717, 1.165) is 20.8 Å². The average Bonchev–Trinajstić information content (AvgIpc) is 2.72. The van der Waals surface area contributed by atoms with Crippen LogP contribution in [0.1, 0.15) is 0 Å². The van der Waals surface area contributed by atoms with Crippen molar-refractivity contribution in [3.05, 3.63) is 41.7 Å². The highest BCUT2D eigenvalue weighted by Gasteiger charge is 2.09. The molecule has 0 bridgehead atoms. The first kappa shape index (κ1) is 10.5. The van der Waals surface area contributed by atoms with Crippen LogP contribution in [-0.4, -0.2) is 9.97 Å². The molecule has 0 atom stereocenters. The van der Waals surface area contributed by atoms with Crippen LogP contribution in [0.5, 0.6) is 0 Å². The van der Waals surface area contributed by atoms with Gasteiger partial charge in [0.25, 0.3) is 0 Å². The number of pyridine rings is 1. The number of nitrogen functional groups attached to an aromatic ring is 1. The molecule has 2 N–H and O–H groups in total. The van der Waals surface area contributed by atoms with Gasteiger partial charge < -0.3 is 5.73 Å². The molecule has 84 valence electrons. The molecule has 0 radical (unpaired) electrons. The molecule has 1 aromatic carbocycles. The molecule has 0 saturated heterocycles. The summed E-state index contributed by atoms with van der Waals surface area (Å²) in [6, 6.07) is 7.39. The molecule has 0 spiro atoms. The Labute approximate surface area is 107 Å². The molecular formula is C12H8ClN3S. The fourth-order valence-electron chi connectivity index (χ4n) is 1.62. The third kappa shape index (κ3) is 1.85. The molecule has 0 fully saturated rings. The van der Waals surface area contributed by atoms with Gasteiger partial charge in [0.2, 0.25) is 0 Å². The van der Waals surface area contributed by atoms with Crippen LogP contribution in [0.4, 0.5) is 5.69 Å². The van der Waals surface area contributed by atoms with E-state index in [1.54, 1.807) is 29.8 Å². The van der Waals surface area contributed by atoms with Crippen LogP contribution in [0.3, 0.4) is 0 Å². The molecule has 0 unspecified atom stereocenters. The molecule has 3 aromatic rings. The van der Waals surface area contributed by atoms with Crippen molar-refractivity contribution in [2.24, 2.45) is 0 Å². The summed E-state index contributed by atoms with van der Waals surface area (Å²) in [5.74, 6) is 0. The Balaban J connectivity index is 2.20. The van der Waals surface area contributed by atoms with E-state index >= 15 is 0 Å². The number of nitrogens with zero attached hydrogens (tertiary/aromatic N) is 2. The van der Waals surface area contributed by atoms with Crippen LogP contribution < -0.4 is 5.73 Å². The van der Waals surface area contributed by atoms with Gasteiger partial charge in [-0.2, -0.15) is 0 Å². The fourth-order valence-corrected chi connectivity index (χ4v) is 2.78. The number of rotatable bonds is 1. The molecule has 0 amide bonds. The van der Waals surface area contributed by atoms with Crippen molar-refractivity contribution < 1.29 is 0 Å². The Hall–Kier alpha value is -1.65. The lowest BCUT2D eigenvalue weighted by Gasteiger charge is -2.01. The van der Waals surface area contributed by atoms with Gasteiger partial charge in [0.05, 0.1) is 10.9 Å². The van der Waals surface area contributed by atoms with Crippen LogP contribution >= 0.6 is 22.9 Å². The summed E-state index contributed by atoms with van der Waals surface area (Å²) in [4.78, 5) is 8.55. The zero-order chi connectivity index (χ0) is 11.8. The monoisotopic (exact) mass is 261 g/mol. The van der Waals surface area contributed by atoms with E-state index in [9.17, 15) is 0 Å². The molecule has 0 aliphatic rings. The highest BCUT2D eigenvalue weighted by Crippen LogP contribution is 2.33. The van der Waals surface area contributed by atoms with Crippen LogP contribution in [0.15, 0.2) is 36.7 Å². The Morgan fingerprint density at radius 2 is 2.12 bits per heavy atom. The highest BCUT2D eigenvalue weighted by atomic mass is 35.5. The van der Waals surface area contributed by atoms with Gasteiger partial charge in [-0.3, -0.25) is 4.98 Å². The minimum atomic E-state index is 0.633. The molecule has 2 heterocycles. The molecule has 3 rings (SSSR count). The lowest BCUT2D eigenvalue weighted by Crippen LogP contribution is -1.89. The van der Waals surface area contributed by atoms with E-state index in [0.29, 0.717) is 10.7 Å². The second kappa shape index (κ2) is 3.98. The zero-order valence-electron chi connectivity index (χ0n) is 8.72. The number of thiazole rings is 1. The Morgan fingerprint density at radius 3 is 2.88 bits per heavy atom. The highest BCUT2D eigenvalue weighted by molar-refractivity contribution is 7.21. The van der Waals surface area contributed by atoms with Gasteiger partial charge in [-0.25, -0.2) is 4.98 Å². The number of anilines is 1. The number of halogens is 1. The van der Waals surface area contributed by atoms with E-state index in [1.165, 1.54) is 0 Å². The average molecular weight is 262 g/mol. The van der Waals surface area contributed by atoms with Gasteiger partial charge in [-0.15, -0.1) is 11.3 Å². The topological polar surface area (TPSA) is 51.8 Å². The number of hydrogen-bond acceptors (Lipinski definition) is 4. The van der Waals surface area contributed by atoms with Crippen LogP contribution in [0.2, 0.25) is 5.02 Å². The van der Waals surface area contributed by atoms with Gasteiger partial charge in [0.1, 0.15) is 10.5 Å². The van der Waals surface area contributed by atoms with E-state index in [2.05, 4.69) is 9.97 Å². The minimum absolute atomic E-state index is 0.633. The predicted octanol–water partition coefficient (Wildman–Crippen LogP) is 3.59. The first-order chi connectivity index (χ1) is 8.24. The standard InChI is InChI=1S/C12H8ClN3S/c13-7-1-2-8(9(14)5-7)12-16-10-6-15-4-3-11(10)17-12/h1-6H,14H2. The Bertz CT molecular complexity index is 660. The van der Waals surface area contributed by atoms with E-state index < -0.39 is 0 Å². The first-order valence-electron chi connectivity index (χ1n) is 5.00.